The third-order valence-electron chi connectivity index (χ3n) is 7.79. The Balaban J connectivity index is 1.97. The highest BCUT2D eigenvalue weighted by atomic mass is 32.2. The van der Waals surface area contributed by atoms with Crippen molar-refractivity contribution in [1.82, 2.24) is 10.6 Å². The summed E-state index contributed by atoms with van der Waals surface area (Å²) in [5, 5.41) is 5.20. The van der Waals surface area contributed by atoms with Gasteiger partial charge in [0.25, 0.3) is 0 Å². The van der Waals surface area contributed by atoms with Gasteiger partial charge in [0.05, 0.1) is 36.0 Å². The fourth-order valence-electron chi connectivity index (χ4n) is 5.52. The zero-order chi connectivity index (χ0) is 35.7. The fourth-order valence-corrected chi connectivity index (χ4v) is 7.30. The number of carbonyl (C=O) groups excluding carboxylic acids is 4. The van der Waals surface area contributed by atoms with Gasteiger partial charge in [0.15, 0.2) is 6.04 Å². The number of benzene rings is 3. The Hall–Kier alpha value is -4.19. The van der Waals surface area contributed by atoms with E-state index in [1.165, 1.54) is 18.9 Å². The summed E-state index contributed by atoms with van der Waals surface area (Å²) in [6.07, 6.45) is -1.33. The van der Waals surface area contributed by atoms with E-state index < -0.39 is 69.4 Å². The molecule has 0 radical (unpaired) electrons. The molecule has 0 spiro atoms. The van der Waals surface area contributed by atoms with E-state index in [1.54, 1.807) is 27.7 Å². The number of esters is 1. The fraction of sp³-hybridized carbons (Fsp3) is 0.405. The summed E-state index contributed by atoms with van der Waals surface area (Å²) in [5.74, 6) is -3.07. The first kappa shape index (κ1) is 38.3. The second-order valence-corrected chi connectivity index (χ2v) is 15.0. The van der Waals surface area contributed by atoms with E-state index in [-0.39, 0.29) is 0 Å². The highest BCUT2D eigenvalue weighted by molar-refractivity contribution is 8.02. The first-order valence-corrected chi connectivity index (χ1v) is 16.6. The van der Waals surface area contributed by atoms with Gasteiger partial charge in [-0.15, -0.1) is 11.8 Å². The molecule has 4 atom stereocenters. The molecule has 3 rings (SSSR count). The van der Waals surface area contributed by atoms with Crippen LogP contribution in [0.5, 0.6) is 0 Å². The Morgan fingerprint density at radius 1 is 0.750 bits per heavy atom. The summed E-state index contributed by atoms with van der Waals surface area (Å²) in [4.78, 5) is 52.1. The molecule has 10 nitrogen and oxygen atoms in total. The van der Waals surface area contributed by atoms with Crippen molar-refractivity contribution in [3.63, 3.8) is 0 Å². The molecule has 3 aromatic rings. The summed E-state index contributed by atoms with van der Waals surface area (Å²) in [6.45, 7) is 10.8. The van der Waals surface area contributed by atoms with Crippen LogP contribution in [0.1, 0.15) is 64.7 Å². The van der Waals surface area contributed by atoms with Crippen molar-refractivity contribution < 1.29 is 28.7 Å². The van der Waals surface area contributed by atoms with Gasteiger partial charge in [0, 0.05) is 4.75 Å². The molecule has 0 unspecified atom stereocenters. The molecule has 0 saturated heterocycles. The maximum Gasteiger partial charge on any atom is 0.331 e. The average Bonchev–Trinajstić information content (AvgIpc) is 3.05. The van der Waals surface area contributed by atoms with E-state index in [0.29, 0.717) is 0 Å². The van der Waals surface area contributed by atoms with Crippen LogP contribution in [0.3, 0.4) is 0 Å². The second-order valence-electron chi connectivity index (χ2n) is 13.1. The van der Waals surface area contributed by atoms with E-state index >= 15 is 0 Å². The van der Waals surface area contributed by atoms with Crippen molar-refractivity contribution in [2.24, 2.45) is 11.5 Å². The van der Waals surface area contributed by atoms with E-state index in [2.05, 4.69) is 10.6 Å². The minimum Gasteiger partial charge on any atom is -0.467 e. The van der Waals surface area contributed by atoms with Gasteiger partial charge < -0.3 is 31.6 Å². The van der Waals surface area contributed by atoms with Crippen LogP contribution in [0.15, 0.2) is 91.0 Å². The Bertz CT molecular complexity index is 1430. The number of nitrogens with two attached hydrogens (primary N) is 2. The molecule has 6 N–H and O–H groups in total. The van der Waals surface area contributed by atoms with Gasteiger partial charge in [-0.1, -0.05) is 91.0 Å². The van der Waals surface area contributed by atoms with E-state index in [9.17, 15) is 19.2 Å². The van der Waals surface area contributed by atoms with Crippen molar-refractivity contribution in [3.8, 4) is 0 Å². The number of hydrogen-bond acceptors (Lipinski definition) is 8. The SMILES string of the molecule is COC(=O)[C@@H](NC(=O)[C@H](CC(N)=O)NC(=O)[C@@H](N)C(C)(C)SC(c1ccccc1)(c1ccccc1)c1ccccc1)[C@@H](C)OC(C)(C)C. The van der Waals surface area contributed by atoms with Crippen molar-refractivity contribution >= 4 is 35.5 Å². The lowest BCUT2D eigenvalue weighted by atomic mass is 9.84. The summed E-state index contributed by atoms with van der Waals surface area (Å²) in [7, 11) is 1.19. The van der Waals surface area contributed by atoms with Crippen LogP contribution in [-0.4, -0.2) is 65.4 Å². The van der Waals surface area contributed by atoms with Crippen molar-refractivity contribution in [2.75, 3.05) is 7.11 Å². The lowest BCUT2D eigenvalue weighted by Crippen LogP contribution is -2.60. The number of amides is 3. The predicted molar refractivity (Wildman–Crippen MR) is 189 cm³/mol. The average molecular weight is 677 g/mol. The summed E-state index contributed by atoms with van der Waals surface area (Å²) in [6, 6.07) is 26.1. The minimum atomic E-state index is -1.42. The van der Waals surface area contributed by atoms with E-state index in [4.69, 9.17) is 20.9 Å². The Labute approximate surface area is 287 Å². The molecule has 0 saturated carbocycles. The molecular formula is C37H48N4O6S. The molecule has 3 aromatic carbocycles. The Morgan fingerprint density at radius 2 is 1.19 bits per heavy atom. The third-order valence-corrected chi connectivity index (χ3v) is 9.58. The number of primary amides is 1. The monoisotopic (exact) mass is 676 g/mol. The quantitative estimate of drug-likeness (QED) is 0.139. The molecule has 0 heterocycles. The Morgan fingerprint density at radius 3 is 1.56 bits per heavy atom. The van der Waals surface area contributed by atoms with Gasteiger partial charge in [-0.2, -0.15) is 0 Å². The molecule has 258 valence electrons. The number of thioether (sulfide) groups is 1. The topological polar surface area (TPSA) is 163 Å². The first-order chi connectivity index (χ1) is 22.5. The summed E-state index contributed by atoms with van der Waals surface area (Å²) >= 11 is 1.51. The largest absolute Gasteiger partial charge is 0.467 e. The van der Waals surface area contributed by atoms with Gasteiger partial charge >= 0.3 is 5.97 Å². The number of rotatable bonds is 15. The predicted octanol–water partition coefficient (Wildman–Crippen LogP) is 4.04. The van der Waals surface area contributed by atoms with Crippen LogP contribution in [0.2, 0.25) is 0 Å². The molecule has 0 aliphatic heterocycles. The zero-order valence-electron chi connectivity index (χ0n) is 28.7. The standard InChI is InChI=1S/C37H48N4O6S/c1-24(47-35(2,3)4)30(34(45)46-7)41-32(43)28(23-29(38)42)40-33(44)31(39)36(5,6)48-37(25-17-11-8-12-18-25,26-19-13-9-14-20-26)27-21-15-10-16-22-27/h8-22,24,28,30-31H,23,39H2,1-7H3,(H2,38,42)(H,40,44)(H,41,43)/t24-,28+,30+,31-/m1/s1. The molecule has 3 amide bonds. The minimum absolute atomic E-state index is 0.526. The lowest BCUT2D eigenvalue weighted by Gasteiger charge is -2.43. The van der Waals surface area contributed by atoms with Gasteiger partial charge in [0.1, 0.15) is 6.04 Å². The number of ether oxygens (including phenoxy) is 2. The van der Waals surface area contributed by atoms with Crippen LogP contribution >= 0.6 is 11.8 Å². The van der Waals surface area contributed by atoms with Crippen molar-refractivity contribution in [1.29, 1.82) is 0 Å². The highest BCUT2D eigenvalue weighted by Gasteiger charge is 2.46. The molecule has 0 aliphatic rings. The molecular weight excluding hydrogens is 628 g/mol. The molecule has 0 fully saturated rings. The third kappa shape index (κ3) is 9.68. The first-order valence-electron chi connectivity index (χ1n) is 15.8. The maximum atomic E-state index is 13.9. The zero-order valence-corrected chi connectivity index (χ0v) is 29.5. The van der Waals surface area contributed by atoms with E-state index in [0.717, 1.165) is 16.7 Å². The van der Waals surface area contributed by atoms with Crippen molar-refractivity contribution in [2.45, 2.75) is 87.3 Å². The molecule has 48 heavy (non-hydrogen) atoms. The maximum absolute atomic E-state index is 13.9. The number of methoxy groups -OCH3 is 1. The molecule has 0 aromatic heterocycles. The van der Waals surface area contributed by atoms with Crippen LogP contribution in [-0.2, 0) is 33.4 Å². The normalized spacial score (nSPS) is 14.6. The van der Waals surface area contributed by atoms with Gasteiger partial charge in [-0.3, -0.25) is 14.4 Å². The van der Waals surface area contributed by atoms with Crippen LogP contribution in [0.4, 0.5) is 0 Å². The van der Waals surface area contributed by atoms with Crippen LogP contribution in [0.25, 0.3) is 0 Å². The van der Waals surface area contributed by atoms with Gasteiger partial charge in [-0.25, -0.2) is 4.79 Å². The van der Waals surface area contributed by atoms with Gasteiger partial charge in [-0.05, 0) is 58.2 Å². The lowest BCUT2D eigenvalue weighted by molar-refractivity contribution is -0.153. The highest BCUT2D eigenvalue weighted by Crippen LogP contribution is 2.53. The van der Waals surface area contributed by atoms with Gasteiger partial charge in [0.2, 0.25) is 17.7 Å². The second kappa shape index (κ2) is 16.3. The van der Waals surface area contributed by atoms with Crippen LogP contribution in [0, 0.1) is 0 Å². The molecule has 0 aliphatic carbocycles. The molecule has 11 heteroatoms. The Kier molecular flexibility index (Phi) is 13.0. The number of hydrogen-bond donors (Lipinski definition) is 4. The smallest absolute Gasteiger partial charge is 0.331 e. The molecule has 0 bridgehead atoms. The number of carbonyl (C=O) groups is 4. The van der Waals surface area contributed by atoms with E-state index in [1.807, 2.05) is 105 Å². The summed E-state index contributed by atoms with van der Waals surface area (Å²) < 4.78 is 9.04. The van der Waals surface area contributed by atoms with Crippen molar-refractivity contribution in [3.05, 3.63) is 108 Å². The number of nitrogens with one attached hydrogen (secondary N) is 2. The summed E-state index contributed by atoms with van der Waals surface area (Å²) in [5.41, 5.74) is 14.5. The van der Waals surface area contributed by atoms with Crippen LogP contribution < -0.4 is 22.1 Å².